The van der Waals surface area contributed by atoms with Gasteiger partial charge < -0.3 is 9.47 Å². The fourth-order valence-electron chi connectivity index (χ4n) is 3.87. The molecule has 6 nitrogen and oxygen atoms in total. The first-order valence-corrected chi connectivity index (χ1v) is 13.8. The molecule has 0 radical (unpaired) electrons. The summed E-state index contributed by atoms with van der Waals surface area (Å²) in [4.78, 5) is 18.1. The van der Waals surface area contributed by atoms with Gasteiger partial charge in [0.2, 0.25) is 0 Å². The fourth-order valence-corrected chi connectivity index (χ4v) is 4.89. The molecule has 0 saturated heterocycles. The first-order chi connectivity index (χ1) is 17.8. The molecule has 9 heteroatoms. The molecule has 0 atom stereocenters. The zero-order valence-electron chi connectivity index (χ0n) is 20.7. The minimum atomic E-state index is -0.235. The molecule has 1 heterocycles. The number of aromatic nitrogens is 2. The van der Waals surface area contributed by atoms with Gasteiger partial charge in [-0.2, -0.15) is 9.78 Å². The molecule has 0 bridgehead atoms. The summed E-state index contributed by atoms with van der Waals surface area (Å²) in [5, 5.41) is 5.38. The molecule has 0 unspecified atom stereocenters. The van der Waals surface area contributed by atoms with Gasteiger partial charge in [-0.25, -0.2) is 4.98 Å². The minimum Gasteiger partial charge on any atom is -0.493 e. The van der Waals surface area contributed by atoms with Gasteiger partial charge >= 0.3 is 0 Å². The van der Waals surface area contributed by atoms with E-state index in [1.54, 1.807) is 25.5 Å². The molecule has 4 rings (SSSR count). The summed E-state index contributed by atoms with van der Waals surface area (Å²) < 4.78 is 14.4. The first-order valence-electron chi connectivity index (χ1n) is 11.8. The van der Waals surface area contributed by atoms with Gasteiger partial charge in [0.1, 0.15) is 17.5 Å². The molecule has 37 heavy (non-hydrogen) atoms. The maximum atomic E-state index is 13.4. The highest BCUT2D eigenvalue weighted by Crippen LogP contribution is 2.42. The third-order valence-corrected chi connectivity index (χ3v) is 7.72. The van der Waals surface area contributed by atoms with Crippen molar-refractivity contribution in [2.75, 3.05) is 7.11 Å². The molecule has 1 aromatic heterocycles. The summed E-state index contributed by atoms with van der Waals surface area (Å²) in [7, 11) is 1.55. The van der Waals surface area contributed by atoms with Crippen LogP contribution in [0.2, 0.25) is 5.02 Å². The van der Waals surface area contributed by atoms with Gasteiger partial charge in [0.15, 0.2) is 11.5 Å². The molecule has 3 aromatic carbocycles. The molecule has 0 aliphatic heterocycles. The Morgan fingerprint density at radius 2 is 1.97 bits per heavy atom. The van der Waals surface area contributed by atoms with E-state index in [-0.39, 0.29) is 5.56 Å². The molecule has 0 aliphatic rings. The van der Waals surface area contributed by atoms with Crippen molar-refractivity contribution in [1.82, 2.24) is 9.66 Å². The number of hydrogen-bond acceptors (Lipinski definition) is 5. The largest absolute Gasteiger partial charge is 0.493 e. The van der Waals surface area contributed by atoms with E-state index < -0.39 is 0 Å². The van der Waals surface area contributed by atoms with Crippen molar-refractivity contribution in [1.29, 1.82) is 0 Å². The van der Waals surface area contributed by atoms with Crippen LogP contribution in [-0.2, 0) is 13.0 Å². The number of halogens is 3. The lowest BCUT2D eigenvalue weighted by Crippen LogP contribution is -2.22. The van der Waals surface area contributed by atoms with E-state index in [1.165, 1.54) is 4.68 Å². The van der Waals surface area contributed by atoms with E-state index in [0.29, 0.717) is 56.3 Å². The van der Waals surface area contributed by atoms with Gasteiger partial charge in [0.25, 0.3) is 5.56 Å². The topological polar surface area (TPSA) is 65.7 Å². The molecule has 0 saturated carbocycles. The summed E-state index contributed by atoms with van der Waals surface area (Å²) in [5.74, 6) is 1.49. The van der Waals surface area contributed by atoms with E-state index in [2.05, 4.69) is 50.0 Å². The summed E-state index contributed by atoms with van der Waals surface area (Å²) in [6, 6.07) is 15.3. The monoisotopic (exact) mass is 645 g/mol. The van der Waals surface area contributed by atoms with E-state index in [9.17, 15) is 4.79 Å². The summed E-state index contributed by atoms with van der Waals surface area (Å²) in [6.45, 7) is 4.47. The standard InChI is InChI=1S/C28H26Br2ClN3O3/c1-4-5-9-24-33-22-11-10-20(29)14-21(22)28(35)34(24)32-15-19-13-23(36-3)27(26(31)25(19)30)37-16-18-8-6-7-17(2)12-18/h6-8,10-15H,4-5,9,16H2,1-3H3. The lowest BCUT2D eigenvalue weighted by atomic mass is 10.1. The van der Waals surface area contributed by atoms with Crippen LogP contribution in [0.1, 0.15) is 42.3 Å². The van der Waals surface area contributed by atoms with E-state index in [4.69, 9.17) is 26.1 Å². The predicted octanol–water partition coefficient (Wildman–Crippen LogP) is 7.70. The average molecular weight is 648 g/mol. The first kappa shape index (κ1) is 27.4. The number of methoxy groups -OCH3 is 1. The van der Waals surface area contributed by atoms with Crippen LogP contribution in [0.15, 0.2) is 67.4 Å². The zero-order valence-corrected chi connectivity index (χ0v) is 24.7. The average Bonchev–Trinajstić information content (AvgIpc) is 2.89. The number of benzene rings is 3. The van der Waals surface area contributed by atoms with Crippen LogP contribution in [0.25, 0.3) is 10.9 Å². The summed E-state index contributed by atoms with van der Waals surface area (Å²) in [6.07, 6.45) is 4.07. The summed E-state index contributed by atoms with van der Waals surface area (Å²) in [5.41, 5.74) is 3.21. The number of unbranched alkanes of at least 4 members (excludes halogenated alkanes) is 1. The second-order valence-corrected chi connectivity index (χ2v) is 10.6. The Morgan fingerprint density at radius 1 is 1.16 bits per heavy atom. The van der Waals surface area contributed by atoms with Crippen LogP contribution >= 0.6 is 43.5 Å². The van der Waals surface area contributed by atoms with Gasteiger partial charge in [-0.15, -0.1) is 0 Å². The SMILES string of the molecule is CCCCc1nc2ccc(Br)cc2c(=O)n1N=Cc1cc(OC)c(OCc2cccc(C)c2)c(Cl)c1Br. The van der Waals surface area contributed by atoms with E-state index in [1.807, 2.05) is 37.3 Å². The molecule has 0 amide bonds. The normalized spacial score (nSPS) is 11.4. The second kappa shape index (κ2) is 12.2. The number of nitrogens with zero attached hydrogens (tertiary/aromatic N) is 3. The third-order valence-electron chi connectivity index (χ3n) is 5.78. The van der Waals surface area contributed by atoms with Gasteiger partial charge in [-0.05, 0) is 59.1 Å². The lowest BCUT2D eigenvalue weighted by molar-refractivity contribution is 0.284. The van der Waals surface area contributed by atoms with Crippen molar-refractivity contribution >= 4 is 60.6 Å². The molecule has 0 N–H and O–H groups in total. The highest BCUT2D eigenvalue weighted by molar-refractivity contribution is 9.10. The maximum absolute atomic E-state index is 13.4. The van der Waals surface area contributed by atoms with Gasteiger partial charge in [-0.3, -0.25) is 4.79 Å². The van der Waals surface area contributed by atoms with E-state index in [0.717, 1.165) is 28.4 Å². The Labute approximate surface area is 237 Å². The van der Waals surface area contributed by atoms with Crippen LogP contribution in [0.5, 0.6) is 11.5 Å². The molecular weight excluding hydrogens is 622 g/mol. The molecule has 0 spiro atoms. The van der Waals surface area contributed by atoms with Crippen LogP contribution in [0, 0.1) is 6.92 Å². The Balaban J connectivity index is 1.72. The van der Waals surface area contributed by atoms with Crippen molar-refractivity contribution in [3.05, 3.63) is 95.4 Å². The molecule has 0 fully saturated rings. The van der Waals surface area contributed by atoms with Crippen molar-refractivity contribution in [2.45, 2.75) is 39.7 Å². The van der Waals surface area contributed by atoms with Crippen molar-refractivity contribution in [2.24, 2.45) is 5.10 Å². The third kappa shape index (κ3) is 6.25. The number of rotatable bonds is 9. The zero-order chi connectivity index (χ0) is 26.5. The minimum absolute atomic E-state index is 0.235. The number of ether oxygens (including phenoxy) is 2. The number of hydrogen-bond donors (Lipinski definition) is 0. The Hall–Kier alpha value is -2.68. The Morgan fingerprint density at radius 3 is 2.70 bits per heavy atom. The maximum Gasteiger partial charge on any atom is 0.282 e. The number of aryl methyl sites for hydroxylation is 2. The van der Waals surface area contributed by atoms with E-state index >= 15 is 0 Å². The lowest BCUT2D eigenvalue weighted by Gasteiger charge is -2.15. The number of fused-ring (bicyclic) bond motifs is 1. The summed E-state index contributed by atoms with van der Waals surface area (Å²) >= 11 is 13.7. The van der Waals surface area contributed by atoms with Crippen LogP contribution in [0.3, 0.4) is 0 Å². The Bertz CT molecular complexity index is 1540. The van der Waals surface area contributed by atoms with Crippen LogP contribution < -0.4 is 15.0 Å². The quantitative estimate of drug-likeness (QED) is 0.175. The molecule has 192 valence electrons. The van der Waals surface area contributed by atoms with Crippen molar-refractivity contribution in [3.63, 3.8) is 0 Å². The van der Waals surface area contributed by atoms with Crippen molar-refractivity contribution < 1.29 is 9.47 Å². The van der Waals surface area contributed by atoms with Crippen LogP contribution in [-0.4, -0.2) is 23.0 Å². The highest BCUT2D eigenvalue weighted by Gasteiger charge is 2.18. The fraction of sp³-hybridized carbons (Fsp3) is 0.250. The predicted molar refractivity (Wildman–Crippen MR) is 157 cm³/mol. The second-order valence-electron chi connectivity index (χ2n) is 8.56. The Kier molecular flexibility index (Phi) is 9.05. The molecular formula is C28H26Br2ClN3O3. The molecule has 4 aromatic rings. The van der Waals surface area contributed by atoms with Gasteiger partial charge in [0, 0.05) is 20.9 Å². The van der Waals surface area contributed by atoms with Gasteiger partial charge in [-0.1, -0.05) is 70.7 Å². The molecule has 0 aliphatic carbocycles. The van der Waals surface area contributed by atoms with Crippen LogP contribution in [0.4, 0.5) is 0 Å². The van der Waals surface area contributed by atoms with Gasteiger partial charge in [0.05, 0.1) is 24.2 Å². The highest BCUT2D eigenvalue weighted by atomic mass is 79.9. The smallest absolute Gasteiger partial charge is 0.282 e. The van der Waals surface area contributed by atoms with Crippen molar-refractivity contribution in [3.8, 4) is 11.5 Å².